The third-order valence-electron chi connectivity index (χ3n) is 21.4. The number of rotatable bonds is 42. The molecule has 11 amide bonds. The van der Waals surface area contributed by atoms with Crippen LogP contribution in [0.1, 0.15) is 126 Å². The van der Waals surface area contributed by atoms with E-state index in [1.165, 1.54) is 9.80 Å². The summed E-state index contributed by atoms with van der Waals surface area (Å²) in [4.78, 5) is 177. The summed E-state index contributed by atoms with van der Waals surface area (Å²) < 4.78 is 5.30. The molecule has 4 aromatic carbocycles. The largest absolute Gasteiger partial charge is 0.444 e. The number of carbonyl (C=O) groups is 11. The lowest BCUT2D eigenvalue weighted by Crippen LogP contribution is -2.61. The highest BCUT2D eigenvalue weighted by Crippen LogP contribution is 2.29. The number of aromatic amines is 4. The van der Waals surface area contributed by atoms with Crippen molar-refractivity contribution >= 4 is 127 Å². The van der Waals surface area contributed by atoms with Crippen molar-refractivity contribution in [3.05, 3.63) is 144 Å². The Morgan fingerprint density at radius 3 is 1.09 bits per heavy atom. The molecule has 0 bridgehead atoms. The van der Waals surface area contributed by atoms with Crippen LogP contribution in [0.4, 0.5) is 4.79 Å². The van der Waals surface area contributed by atoms with Crippen LogP contribution in [0.2, 0.25) is 0 Å². The van der Waals surface area contributed by atoms with Crippen molar-refractivity contribution < 1.29 is 57.5 Å². The van der Waals surface area contributed by atoms with Gasteiger partial charge in [-0.3, -0.25) is 64.2 Å². The number of likely N-dealkylation sites (tertiary alicyclic amines) is 2. The number of nitrogens with two attached hydrogens (primary N) is 5. The number of H-pyrrole nitrogens is 4. The number of alkyl carbamates (subject to hydrolysis) is 1. The van der Waals surface area contributed by atoms with Crippen molar-refractivity contribution in [3.8, 4) is 0 Å². The van der Waals surface area contributed by atoms with Crippen LogP contribution in [-0.2, 0) is 78.4 Å². The van der Waals surface area contributed by atoms with E-state index in [0.29, 0.717) is 65.3 Å². The normalized spacial score (nSPS) is 16.0. The van der Waals surface area contributed by atoms with Crippen LogP contribution < -0.4 is 87.2 Å². The van der Waals surface area contributed by atoms with Crippen molar-refractivity contribution in [3.63, 3.8) is 0 Å². The zero-order chi connectivity index (χ0) is 86.2. The lowest BCUT2D eigenvalue weighted by atomic mass is 10.00. The topological polar surface area (TPSA) is 601 Å². The number of guanidine groups is 3. The number of amides is 11. The molecule has 0 aliphatic carbocycles. The Morgan fingerprint density at radius 1 is 0.408 bits per heavy atom. The number of carbonyl (C=O) groups excluding carboxylic acids is 11. The lowest BCUT2D eigenvalue weighted by Gasteiger charge is -2.32. The number of benzene rings is 4. The highest BCUT2D eigenvalue weighted by atomic mass is 16.6. The monoisotopic (exact) mass is 1650 g/mol. The minimum absolute atomic E-state index is 0.0167. The first-order valence-electron chi connectivity index (χ1n) is 40.7. The molecule has 642 valence electrons. The molecule has 37 heteroatoms. The zero-order valence-electron chi connectivity index (χ0n) is 67.8. The van der Waals surface area contributed by atoms with E-state index in [4.69, 9.17) is 49.6 Å². The summed E-state index contributed by atoms with van der Waals surface area (Å²) in [6.07, 6.45) is 8.23. The van der Waals surface area contributed by atoms with Crippen LogP contribution >= 0.6 is 0 Å². The summed E-state index contributed by atoms with van der Waals surface area (Å²) in [7, 11) is 0. The van der Waals surface area contributed by atoms with Gasteiger partial charge in [-0.05, 0) is 151 Å². The van der Waals surface area contributed by atoms with Crippen molar-refractivity contribution in [2.24, 2.45) is 28.7 Å². The van der Waals surface area contributed by atoms with Gasteiger partial charge in [0.1, 0.15) is 60.0 Å². The van der Waals surface area contributed by atoms with Gasteiger partial charge >= 0.3 is 6.09 Å². The Hall–Kier alpha value is -13.2. The van der Waals surface area contributed by atoms with Gasteiger partial charge in [-0.1, -0.05) is 72.8 Å². The summed E-state index contributed by atoms with van der Waals surface area (Å²) in [6, 6.07) is 16.5. The second-order valence-corrected chi connectivity index (χ2v) is 31.4. The van der Waals surface area contributed by atoms with Gasteiger partial charge in [-0.2, -0.15) is 0 Å². The molecule has 10 atom stereocenters. The smallest absolute Gasteiger partial charge is 0.407 e. The van der Waals surface area contributed by atoms with Gasteiger partial charge < -0.3 is 122 Å². The lowest BCUT2D eigenvalue weighted by molar-refractivity contribution is -0.143. The minimum Gasteiger partial charge on any atom is -0.444 e. The van der Waals surface area contributed by atoms with Gasteiger partial charge in [0.15, 0.2) is 17.9 Å². The Balaban J connectivity index is 0.911. The molecule has 0 radical (unpaired) electrons. The van der Waals surface area contributed by atoms with E-state index in [0.717, 1.165) is 32.7 Å². The minimum atomic E-state index is -1.48. The number of nitrogens with zero attached hydrogens (tertiary/aromatic N) is 2. The SMILES string of the molecule is CC(C)(C)OC(=O)NCCCC[C@H](NC(=O)[C@H](CCCNC(=N)N)NC(=O)[C@H](CCCNC(=N)N)NC(=O)[C@H](Cc1c[nH]c2ccccc12)NC(=O)[C@@H]1CCCN1C(=O)[C@H](Cc1c[nH]c2ccccc12)NC(=O)[C@H](Cc1c[nH]c2ccccc12)NC(=O)[C@@H]1CCCN1C(=O)[C@H](Cc1c[nH]c2ccccc12)NC(=O)[C@@H](N)CCCNC(=N)N)C(N)=O. The number of aromatic nitrogens is 4. The summed E-state index contributed by atoms with van der Waals surface area (Å²) in [5.74, 6) is -8.42. The van der Waals surface area contributed by atoms with Gasteiger partial charge in [-0.25, -0.2) is 4.79 Å². The molecule has 2 aliphatic heterocycles. The molecule has 4 aromatic heterocycles. The van der Waals surface area contributed by atoms with Crippen LogP contribution in [0.15, 0.2) is 122 Å². The summed E-state index contributed by atoms with van der Waals surface area (Å²) in [5, 5.41) is 56.8. The number of fused-ring (bicyclic) bond motifs is 4. The predicted octanol–water partition coefficient (Wildman–Crippen LogP) is 1.56. The van der Waals surface area contributed by atoms with Gasteiger partial charge in [0, 0.05) is 133 Å². The Kier molecular flexibility index (Phi) is 31.4. The number of nitrogens with one attached hydrogen (secondary N) is 18. The van der Waals surface area contributed by atoms with E-state index in [1.807, 2.05) is 91.0 Å². The Labute approximate surface area is 693 Å². The van der Waals surface area contributed by atoms with Crippen LogP contribution in [0, 0.1) is 16.2 Å². The fourth-order valence-corrected chi connectivity index (χ4v) is 15.3. The van der Waals surface area contributed by atoms with Crippen LogP contribution in [0.5, 0.6) is 0 Å². The molecule has 6 heterocycles. The molecule has 2 fully saturated rings. The third-order valence-corrected chi connectivity index (χ3v) is 21.4. The van der Waals surface area contributed by atoms with Gasteiger partial charge in [0.2, 0.25) is 59.1 Å². The van der Waals surface area contributed by atoms with E-state index >= 15 is 28.8 Å². The molecule has 2 saturated heterocycles. The number of para-hydroxylation sites is 4. The molecule has 37 nitrogen and oxygen atoms in total. The molecule has 28 N–H and O–H groups in total. The van der Waals surface area contributed by atoms with E-state index in [-0.39, 0.29) is 134 Å². The van der Waals surface area contributed by atoms with E-state index in [1.54, 1.807) is 51.6 Å². The summed E-state index contributed by atoms with van der Waals surface area (Å²) in [6.45, 7) is 5.93. The van der Waals surface area contributed by atoms with Crippen molar-refractivity contribution in [2.45, 2.75) is 196 Å². The fourth-order valence-electron chi connectivity index (χ4n) is 15.3. The van der Waals surface area contributed by atoms with Crippen LogP contribution in [0.25, 0.3) is 43.6 Å². The average molecular weight is 1650 g/mol. The second-order valence-electron chi connectivity index (χ2n) is 31.4. The number of hydrogen-bond donors (Lipinski definition) is 23. The van der Waals surface area contributed by atoms with E-state index in [2.05, 4.69) is 78.4 Å². The maximum absolute atomic E-state index is 15.9. The second kappa shape index (κ2) is 42.3. The van der Waals surface area contributed by atoms with Crippen molar-refractivity contribution in [1.29, 1.82) is 16.2 Å². The zero-order valence-corrected chi connectivity index (χ0v) is 67.8. The quantitative estimate of drug-likeness (QED) is 0.0147. The van der Waals surface area contributed by atoms with E-state index < -0.39 is 131 Å². The van der Waals surface area contributed by atoms with Crippen LogP contribution in [0.3, 0.4) is 0 Å². The van der Waals surface area contributed by atoms with Crippen LogP contribution in [-0.4, -0.2) is 218 Å². The Morgan fingerprint density at radius 2 is 0.725 bits per heavy atom. The first-order valence-corrected chi connectivity index (χ1v) is 40.7. The fraction of sp³-hybridized carbons (Fsp3) is 0.446. The average Bonchev–Trinajstić information content (AvgIpc) is 1.66. The number of hydrogen-bond acceptors (Lipinski definition) is 16. The number of ether oxygens (including phenoxy) is 1. The van der Waals surface area contributed by atoms with Crippen molar-refractivity contribution in [2.75, 3.05) is 39.3 Å². The molecule has 0 unspecified atom stereocenters. The van der Waals surface area contributed by atoms with Gasteiger partial charge in [0.05, 0.1) is 6.04 Å². The predicted molar refractivity (Wildman–Crippen MR) is 454 cm³/mol. The highest BCUT2D eigenvalue weighted by Gasteiger charge is 2.44. The van der Waals surface area contributed by atoms with E-state index in [9.17, 15) is 24.0 Å². The first kappa shape index (κ1) is 89.1. The molecular weight excluding hydrogens is 1540 g/mol. The molecule has 120 heavy (non-hydrogen) atoms. The molecule has 2 aliphatic rings. The molecule has 10 rings (SSSR count). The first-order chi connectivity index (χ1) is 57.5. The molecule has 8 aromatic rings. The van der Waals surface area contributed by atoms with Gasteiger partial charge in [-0.15, -0.1) is 0 Å². The third kappa shape index (κ3) is 24.9. The summed E-state index contributed by atoms with van der Waals surface area (Å²) >= 11 is 0. The highest BCUT2D eigenvalue weighted by molar-refractivity contribution is 6.01. The maximum Gasteiger partial charge on any atom is 0.407 e. The Bertz CT molecular complexity index is 4990. The van der Waals surface area contributed by atoms with Gasteiger partial charge in [0.25, 0.3) is 0 Å². The summed E-state index contributed by atoms with van der Waals surface area (Å²) in [5.41, 5.74) is 33.7. The maximum atomic E-state index is 15.9. The molecule has 0 spiro atoms. The number of unbranched alkanes of at least 4 members (excludes halogenated alkanes) is 1. The number of primary amides is 1. The molecular formula is C83H113N25O12. The molecule has 0 saturated carbocycles. The standard InChI is InChI=1S/C83H113N25O12/c1-83(2,3)120-82(119)95-33-13-12-28-60(69(85)109)100-71(111)61(29-15-35-93-80(88)89)101-72(112)62(30-16-36-94-81(90)91)102-73(113)63(39-47-43-96-56-24-8-4-19-51(47)56)103-75(115)68-32-18-38-108(68)78(118)66(42-50-46-99-59-27-11-7-22-54(50)59)106-74(114)64(40-48-44-97-57-25-9-5-20-52(48)57)104-76(116)67-31-17-37-107(67)77(117)65(41-49-45-98-58-26-10-6-21-53(49)58)105-70(110)55(84)23-14-34-92-79(86)87/h4-11,19-22,24-27,43-46,55,60-68,96-99H,12-18,23,28-42,84H2,1-3H3,(H2,85,109)(H,95,119)(H,100,111)(H,101,112)(H,102,113)(H,103,115)(H,104,116)(H,105,110)(H,106,114)(H4,86,87,92)(H4,88,89,93)(H4,90,91,94)/t55-,60-,61-,62-,63-,64-,65-,66-,67-,68-/m0/s1. The van der Waals surface area contributed by atoms with Crippen molar-refractivity contribution in [1.82, 2.24) is 88.2 Å².